The standard InChI is InChI=1S/C22H29N3O/c1-5-25(6-2)19-11-12-20(17(4)15-19)23-21(26)24-22(13-14-22)18-9-7-16(3)8-10-18/h7-12,15H,5-6,13-14H2,1-4H3,(H2,23,24,26). The summed E-state index contributed by atoms with van der Waals surface area (Å²) in [6.07, 6.45) is 1.98. The summed E-state index contributed by atoms with van der Waals surface area (Å²) in [5.74, 6) is 0. The first-order chi connectivity index (χ1) is 12.5. The fourth-order valence-corrected chi connectivity index (χ4v) is 3.43. The second-order valence-electron chi connectivity index (χ2n) is 7.20. The van der Waals surface area contributed by atoms with Crippen LogP contribution in [0.2, 0.25) is 0 Å². The Balaban J connectivity index is 1.68. The molecule has 3 rings (SSSR count). The Kier molecular flexibility index (Phi) is 5.21. The van der Waals surface area contributed by atoms with Gasteiger partial charge in [-0.2, -0.15) is 0 Å². The molecule has 1 fully saturated rings. The first-order valence-corrected chi connectivity index (χ1v) is 9.49. The zero-order valence-corrected chi connectivity index (χ0v) is 16.2. The van der Waals surface area contributed by atoms with Crippen molar-refractivity contribution in [2.45, 2.75) is 46.1 Å². The molecule has 4 nitrogen and oxygen atoms in total. The number of amides is 2. The van der Waals surface area contributed by atoms with E-state index >= 15 is 0 Å². The van der Waals surface area contributed by atoms with Crippen molar-refractivity contribution in [3.8, 4) is 0 Å². The molecule has 1 aliphatic carbocycles. The van der Waals surface area contributed by atoms with E-state index in [2.05, 4.69) is 72.7 Å². The minimum absolute atomic E-state index is 0.137. The van der Waals surface area contributed by atoms with Gasteiger partial charge in [-0.25, -0.2) is 4.79 Å². The van der Waals surface area contributed by atoms with Crippen molar-refractivity contribution >= 4 is 17.4 Å². The molecule has 2 aromatic rings. The molecule has 4 heteroatoms. The summed E-state index contributed by atoms with van der Waals surface area (Å²) in [6, 6.07) is 14.5. The van der Waals surface area contributed by atoms with Gasteiger partial charge >= 0.3 is 6.03 Å². The minimum Gasteiger partial charge on any atom is -0.372 e. The van der Waals surface area contributed by atoms with Crippen LogP contribution in [0.4, 0.5) is 16.2 Å². The summed E-state index contributed by atoms with van der Waals surface area (Å²) in [5.41, 5.74) is 5.34. The maximum Gasteiger partial charge on any atom is 0.319 e. The normalized spacial score (nSPS) is 14.6. The second-order valence-corrected chi connectivity index (χ2v) is 7.20. The molecular weight excluding hydrogens is 322 g/mol. The highest BCUT2D eigenvalue weighted by Crippen LogP contribution is 2.45. The molecule has 2 N–H and O–H groups in total. The molecule has 1 saturated carbocycles. The van der Waals surface area contributed by atoms with E-state index in [1.165, 1.54) is 16.8 Å². The van der Waals surface area contributed by atoms with Crippen molar-refractivity contribution in [1.82, 2.24) is 5.32 Å². The molecular formula is C22H29N3O. The number of benzene rings is 2. The third kappa shape index (κ3) is 3.85. The maximum absolute atomic E-state index is 12.6. The van der Waals surface area contributed by atoms with Crippen LogP contribution in [0.1, 0.15) is 43.4 Å². The average Bonchev–Trinajstić information content (AvgIpc) is 3.39. The van der Waals surface area contributed by atoms with Gasteiger partial charge in [-0.05, 0) is 69.9 Å². The Bertz CT molecular complexity index is 774. The van der Waals surface area contributed by atoms with Gasteiger partial charge in [-0.3, -0.25) is 0 Å². The Morgan fingerprint density at radius 3 is 2.23 bits per heavy atom. The van der Waals surface area contributed by atoms with Crippen LogP contribution in [-0.2, 0) is 5.54 Å². The van der Waals surface area contributed by atoms with Crippen molar-refractivity contribution in [2.24, 2.45) is 0 Å². The molecule has 138 valence electrons. The van der Waals surface area contributed by atoms with E-state index in [4.69, 9.17) is 0 Å². The zero-order valence-electron chi connectivity index (χ0n) is 16.2. The molecule has 0 bridgehead atoms. The summed E-state index contributed by atoms with van der Waals surface area (Å²) in [6.45, 7) is 10.4. The van der Waals surface area contributed by atoms with Crippen LogP contribution in [0.25, 0.3) is 0 Å². The Morgan fingerprint density at radius 1 is 1.04 bits per heavy atom. The monoisotopic (exact) mass is 351 g/mol. The minimum atomic E-state index is -0.202. The molecule has 0 radical (unpaired) electrons. The molecule has 0 saturated heterocycles. The topological polar surface area (TPSA) is 44.4 Å². The smallest absolute Gasteiger partial charge is 0.319 e. The number of carbonyl (C=O) groups excluding carboxylic acids is 1. The molecule has 0 heterocycles. The first kappa shape index (κ1) is 18.3. The van der Waals surface area contributed by atoms with E-state index in [9.17, 15) is 4.79 Å². The summed E-state index contributed by atoms with van der Waals surface area (Å²) in [5, 5.41) is 6.20. The van der Waals surface area contributed by atoms with Crippen LogP contribution in [0, 0.1) is 13.8 Å². The van der Waals surface area contributed by atoms with Crippen molar-refractivity contribution in [3.05, 3.63) is 59.2 Å². The summed E-state index contributed by atoms with van der Waals surface area (Å²) in [7, 11) is 0. The van der Waals surface area contributed by atoms with E-state index in [0.29, 0.717) is 0 Å². The van der Waals surface area contributed by atoms with Crippen molar-refractivity contribution in [3.63, 3.8) is 0 Å². The van der Waals surface area contributed by atoms with Crippen LogP contribution in [0.15, 0.2) is 42.5 Å². The summed E-state index contributed by atoms with van der Waals surface area (Å²) >= 11 is 0. The maximum atomic E-state index is 12.6. The van der Waals surface area contributed by atoms with E-state index in [1.807, 2.05) is 13.0 Å². The molecule has 2 aromatic carbocycles. The van der Waals surface area contributed by atoms with Gasteiger partial charge in [0, 0.05) is 24.5 Å². The summed E-state index contributed by atoms with van der Waals surface area (Å²) < 4.78 is 0. The van der Waals surface area contributed by atoms with Crippen molar-refractivity contribution < 1.29 is 4.79 Å². The molecule has 1 aliphatic rings. The molecule has 0 unspecified atom stereocenters. The van der Waals surface area contributed by atoms with E-state index < -0.39 is 0 Å². The number of nitrogens with one attached hydrogen (secondary N) is 2. The quantitative estimate of drug-likeness (QED) is 0.772. The second kappa shape index (κ2) is 7.40. The SMILES string of the molecule is CCN(CC)c1ccc(NC(=O)NC2(c3ccc(C)cc3)CC2)c(C)c1. The third-order valence-corrected chi connectivity index (χ3v) is 5.29. The van der Waals surface area contributed by atoms with Gasteiger partial charge in [0.2, 0.25) is 0 Å². The number of carbonyl (C=O) groups is 1. The van der Waals surface area contributed by atoms with Gasteiger partial charge < -0.3 is 15.5 Å². The lowest BCUT2D eigenvalue weighted by atomic mass is 10.0. The predicted molar refractivity (Wildman–Crippen MR) is 109 cm³/mol. The highest BCUT2D eigenvalue weighted by molar-refractivity contribution is 5.91. The lowest BCUT2D eigenvalue weighted by Crippen LogP contribution is -2.38. The van der Waals surface area contributed by atoms with Crippen molar-refractivity contribution in [2.75, 3.05) is 23.3 Å². The number of hydrogen-bond acceptors (Lipinski definition) is 2. The fourth-order valence-electron chi connectivity index (χ4n) is 3.43. The lowest BCUT2D eigenvalue weighted by Gasteiger charge is -2.23. The number of aryl methyl sites for hydroxylation is 2. The lowest BCUT2D eigenvalue weighted by molar-refractivity contribution is 0.247. The molecule has 0 aromatic heterocycles. The Hall–Kier alpha value is -2.49. The van der Waals surface area contributed by atoms with Gasteiger partial charge in [0.15, 0.2) is 0 Å². The predicted octanol–water partition coefficient (Wildman–Crippen LogP) is 4.96. The zero-order chi connectivity index (χ0) is 18.7. The number of hydrogen-bond donors (Lipinski definition) is 2. The molecule has 0 atom stereocenters. The van der Waals surface area contributed by atoms with Gasteiger partial charge in [0.25, 0.3) is 0 Å². The molecule has 26 heavy (non-hydrogen) atoms. The Morgan fingerprint density at radius 2 is 1.69 bits per heavy atom. The number of rotatable bonds is 6. The molecule has 2 amide bonds. The third-order valence-electron chi connectivity index (χ3n) is 5.29. The van der Waals surface area contributed by atoms with E-state index in [1.54, 1.807) is 0 Å². The largest absolute Gasteiger partial charge is 0.372 e. The van der Waals surface area contributed by atoms with E-state index in [0.717, 1.165) is 37.2 Å². The number of urea groups is 1. The molecule has 0 aliphatic heterocycles. The van der Waals surface area contributed by atoms with Gasteiger partial charge in [-0.15, -0.1) is 0 Å². The van der Waals surface area contributed by atoms with Crippen LogP contribution in [0.5, 0.6) is 0 Å². The average molecular weight is 351 g/mol. The number of anilines is 2. The van der Waals surface area contributed by atoms with Crippen molar-refractivity contribution in [1.29, 1.82) is 0 Å². The van der Waals surface area contributed by atoms with Gasteiger partial charge in [0.1, 0.15) is 0 Å². The van der Waals surface area contributed by atoms with Crippen LogP contribution >= 0.6 is 0 Å². The number of nitrogens with zero attached hydrogens (tertiary/aromatic N) is 1. The highest BCUT2D eigenvalue weighted by Gasteiger charge is 2.45. The Labute approximate surface area is 156 Å². The van der Waals surface area contributed by atoms with Gasteiger partial charge in [-0.1, -0.05) is 29.8 Å². The van der Waals surface area contributed by atoms with Crippen LogP contribution < -0.4 is 15.5 Å². The van der Waals surface area contributed by atoms with Gasteiger partial charge in [0.05, 0.1) is 5.54 Å². The molecule has 0 spiro atoms. The van der Waals surface area contributed by atoms with E-state index in [-0.39, 0.29) is 11.6 Å². The highest BCUT2D eigenvalue weighted by atomic mass is 16.2. The first-order valence-electron chi connectivity index (χ1n) is 9.49. The van der Waals surface area contributed by atoms with Crippen LogP contribution in [-0.4, -0.2) is 19.1 Å². The van der Waals surface area contributed by atoms with Crippen LogP contribution in [0.3, 0.4) is 0 Å². The fraction of sp³-hybridized carbons (Fsp3) is 0.409. The summed E-state index contributed by atoms with van der Waals surface area (Å²) in [4.78, 5) is 14.9.